The first kappa shape index (κ1) is 24.8. The number of benzene rings is 3. The summed E-state index contributed by atoms with van der Waals surface area (Å²) in [7, 11) is -3.87. The van der Waals surface area contributed by atoms with Crippen LogP contribution < -0.4 is 0 Å². The lowest BCUT2D eigenvalue weighted by atomic mass is 10.0. The topological polar surface area (TPSA) is 91.2 Å². The number of rotatable bonds is 6. The van der Waals surface area contributed by atoms with Crippen molar-refractivity contribution in [1.29, 1.82) is 0 Å². The average molecular weight is 549 g/mol. The maximum Gasteiger partial charge on any atom is 0.269 e. The van der Waals surface area contributed by atoms with E-state index in [2.05, 4.69) is 40.2 Å². The summed E-state index contributed by atoms with van der Waals surface area (Å²) < 4.78 is 28.9. The summed E-state index contributed by atoms with van der Waals surface area (Å²) in [6.07, 6.45) is 5.11. The molecule has 0 radical (unpaired) electrons. The van der Waals surface area contributed by atoms with E-state index in [0.717, 1.165) is 50.7 Å². The molecular formula is C32H28N4O3S. The molecule has 7 nitrogen and oxygen atoms in total. The second-order valence-corrected chi connectivity index (χ2v) is 12.4. The smallest absolute Gasteiger partial charge is 0.269 e. The van der Waals surface area contributed by atoms with Crippen molar-refractivity contribution in [2.45, 2.75) is 24.5 Å². The summed E-state index contributed by atoms with van der Waals surface area (Å²) in [6.45, 7) is 4.16. The SMILES string of the molecule is Cc1ccc(S(=O)(=O)n2cc(-c3ccc4[nH]ccc4c3)c3cc(-c4ccc(CN5CC(O)C5)cc4)cnc32)cc1. The van der Waals surface area contributed by atoms with Gasteiger partial charge in [0.1, 0.15) is 0 Å². The van der Waals surface area contributed by atoms with E-state index in [1.165, 1.54) is 9.54 Å². The Hall–Kier alpha value is -4.24. The van der Waals surface area contributed by atoms with E-state index in [-0.39, 0.29) is 11.0 Å². The molecule has 0 saturated carbocycles. The minimum Gasteiger partial charge on any atom is -0.390 e. The molecular weight excluding hydrogens is 520 g/mol. The number of pyridine rings is 1. The molecule has 0 bridgehead atoms. The van der Waals surface area contributed by atoms with E-state index in [0.29, 0.717) is 18.7 Å². The predicted molar refractivity (Wildman–Crippen MR) is 158 cm³/mol. The molecule has 0 amide bonds. The van der Waals surface area contributed by atoms with Gasteiger partial charge in [-0.1, -0.05) is 48.0 Å². The molecule has 2 N–H and O–H groups in total. The largest absolute Gasteiger partial charge is 0.390 e. The number of aliphatic hydroxyl groups is 1. The molecule has 0 spiro atoms. The van der Waals surface area contributed by atoms with Crippen LogP contribution >= 0.6 is 0 Å². The maximum atomic E-state index is 13.8. The van der Waals surface area contributed by atoms with E-state index >= 15 is 0 Å². The van der Waals surface area contributed by atoms with Crippen molar-refractivity contribution in [3.63, 3.8) is 0 Å². The van der Waals surface area contributed by atoms with Crippen LogP contribution in [0.3, 0.4) is 0 Å². The number of hydrogen-bond donors (Lipinski definition) is 2. The molecule has 8 heteroatoms. The fraction of sp³-hybridized carbons (Fsp3) is 0.156. The van der Waals surface area contributed by atoms with Gasteiger partial charge in [-0.2, -0.15) is 0 Å². The zero-order chi connectivity index (χ0) is 27.4. The zero-order valence-corrected chi connectivity index (χ0v) is 22.8. The van der Waals surface area contributed by atoms with Crippen LogP contribution in [-0.2, 0) is 16.6 Å². The Morgan fingerprint density at radius 3 is 2.42 bits per heavy atom. The van der Waals surface area contributed by atoms with Crippen LogP contribution in [0.5, 0.6) is 0 Å². The van der Waals surface area contributed by atoms with E-state index in [1.54, 1.807) is 36.7 Å². The molecule has 6 aromatic rings. The average Bonchev–Trinajstić information content (AvgIpc) is 3.57. The number of aryl methyl sites for hydroxylation is 1. The highest BCUT2D eigenvalue weighted by Gasteiger charge is 2.25. The van der Waals surface area contributed by atoms with Crippen molar-refractivity contribution < 1.29 is 13.5 Å². The fourth-order valence-corrected chi connectivity index (χ4v) is 6.75. The van der Waals surface area contributed by atoms with Crippen molar-refractivity contribution >= 4 is 32.0 Å². The Morgan fingerprint density at radius 1 is 0.925 bits per heavy atom. The molecule has 4 heterocycles. The third-order valence-corrected chi connectivity index (χ3v) is 9.35. The molecule has 40 heavy (non-hydrogen) atoms. The van der Waals surface area contributed by atoms with Crippen LogP contribution in [0.2, 0.25) is 0 Å². The summed E-state index contributed by atoms with van der Waals surface area (Å²) in [5, 5.41) is 11.4. The molecule has 0 aliphatic carbocycles. The van der Waals surface area contributed by atoms with Crippen LogP contribution in [0.15, 0.2) is 102 Å². The Labute approximate surface area is 232 Å². The summed E-state index contributed by atoms with van der Waals surface area (Å²) in [5.41, 5.74) is 7.22. The Kier molecular flexibility index (Phi) is 5.85. The summed E-state index contributed by atoms with van der Waals surface area (Å²) in [5.74, 6) is 0. The molecule has 1 aliphatic heterocycles. The van der Waals surface area contributed by atoms with Crippen molar-refractivity contribution in [2.24, 2.45) is 0 Å². The van der Waals surface area contributed by atoms with Gasteiger partial charge in [0.25, 0.3) is 10.0 Å². The minimum atomic E-state index is -3.87. The maximum absolute atomic E-state index is 13.8. The van der Waals surface area contributed by atoms with Gasteiger partial charge in [-0.3, -0.25) is 4.90 Å². The second-order valence-electron chi connectivity index (χ2n) is 10.6. The van der Waals surface area contributed by atoms with Gasteiger partial charge in [0.2, 0.25) is 0 Å². The van der Waals surface area contributed by atoms with Crippen LogP contribution in [0.4, 0.5) is 0 Å². The first-order valence-electron chi connectivity index (χ1n) is 13.3. The Bertz CT molecular complexity index is 1970. The number of β-amino-alcohol motifs (C(OH)–C–C–N with tert-alkyl or cyclic N) is 1. The van der Waals surface area contributed by atoms with Crippen LogP contribution in [0, 0.1) is 6.92 Å². The van der Waals surface area contributed by atoms with E-state index < -0.39 is 10.0 Å². The van der Waals surface area contributed by atoms with Gasteiger partial charge in [-0.15, -0.1) is 0 Å². The second kappa shape index (κ2) is 9.45. The highest BCUT2D eigenvalue weighted by atomic mass is 32.2. The van der Waals surface area contributed by atoms with Crippen LogP contribution in [0.1, 0.15) is 11.1 Å². The monoisotopic (exact) mass is 548 g/mol. The van der Waals surface area contributed by atoms with Crippen LogP contribution in [0.25, 0.3) is 44.2 Å². The molecule has 7 rings (SSSR count). The van der Waals surface area contributed by atoms with Crippen molar-refractivity contribution in [3.05, 3.63) is 109 Å². The quantitative estimate of drug-likeness (QED) is 0.284. The summed E-state index contributed by atoms with van der Waals surface area (Å²) >= 11 is 0. The van der Waals surface area contributed by atoms with Gasteiger partial charge in [-0.25, -0.2) is 17.4 Å². The first-order chi connectivity index (χ1) is 19.3. The zero-order valence-electron chi connectivity index (χ0n) is 21.9. The minimum absolute atomic E-state index is 0.216. The molecule has 3 aromatic heterocycles. The highest BCUT2D eigenvalue weighted by molar-refractivity contribution is 7.90. The van der Waals surface area contributed by atoms with Gasteiger partial charge in [0.15, 0.2) is 5.65 Å². The Balaban J connectivity index is 1.34. The number of nitrogens with one attached hydrogen (secondary N) is 1. The number of aliphatic hydroxyl groups excluding tert-OH is 1. The number of aromatic amines is 1. The van der Waals surface area contributed by atoms with Gasteiger partial charge >= 0.3 is 0 Å². The van der Waals surface area contributed by atoms with Crippen molar-refractivity contribution in [2.75, 3.05) is 13.1 Å². The van der Waals surface area contributed by atoms with Gasteiger partial charge < -0.3 is 10.1 Å². The number of H-pyrrole nitrogens is 1. The molecule has 3 aromatic carbocycles. The van der Waals surface area contributed by atoms with Gasteiger partial charge in [0, 0.05) is 60.3 Å². The number of hydrogen-bond acceptors (Lipinski definition) is 5. The lowest BCUT2D eigenvalue weighted by Crippen LogP contribution is -2.49. The van der Waals surface area contributed by atoms with Crippen LogP contribution in [-0.4, -0.2) is 51.6 Å². The van der Waals surface area contributed by atoms with E-state index in [9.17, 15) is 13.5 Å². The fourth-order valence-electron chi connectivity index (χ4n) is 5.43. The van der Waals surface area contributed by atoms with E-state index in [1.807, 2.05) is 37.4 Å². The third-order valence-electron chi connectivity index (χ3n) is 7.69. The predicted octanol–water partition coefficient (Wildman–Crippen LogP) is 5.57. The first-order valence-corrected chi connectivity index (χ1v) is 14.7. The summed E-state index contributed by atoms with van der Waals surface area (Å²) in [4.78, 5) is 10.4. The molecule has 200 valence electrons. The molecule has 1 saturated heterocycles. The number of fused-ring (bicyclic) bond motifs is 2. The lowest BCUT2D eigenvalue weighted by molar-refractivity contribution is -0.00286. The Morgan fingerprint density at radius 2 is 1.68 bits per heavy atom. The third kappa shape index (κ3) is 4.30. The molecule has 1 fully saturated rings. The van der Waals surface area contributed by atoms with Gasteiger partial charge in [-0.05, 0) is 65.4 Å². The number of likely N-dealkylation sites (tertiary alicyclic amines) is 1. The van der Waals surface area contributed by atoms with Gasteiger partial charge in [0.05, 0.1) is 11.0 Å². The molecule has 0 unspecified atom stereocenters. The lowest BCUT2D eigenvalue weighted by Gasteiger charge is -2.35. The van der Waals surface area contributed by atoms with Crippen molar-refractivity contribution in [1.82, 2.24) is 18.8 Å². The standard InChI is InChI=1S/C32H28N4O3S/c1-21-2-9-28(10-3-21)40(38,39)36-20-30(24-8-11-31-25(14-24)12-13-33-31)29-15-26(16-34-32(29)36)23-6-4-22(5-7-23)17-35-18-27(37)19-35/h2-16,20,27,33,37H,17-19H2,1H3. The van der Waals surface area contributed by atoms with Crippen molar-refractivity contribution in [3.8, 4) is 22.3 Å². The summed E-state index contributed by atoms with van der Waals surface area (Å²) in [6, 6.07) is 25.3. The molecule has 0 atom stereocenters. The number of nitrogens with zero attached hydrogens (tertiary/aromatic N) is 3. The molecule has 1 aliphatic rings. The highest BCUT2D eigenvalue weighted by Crippen LogP contribution is 2.36. The number of aromatic nitrogens is 3. The normalized spacial score (nSPS) is 14.7. The van der Waals surface area contributed by atoms with E-state index in [4.69, 9.17) is 4.98 Å².